The highest BCUT2D eigenvalue weighted by Gasteiger charge is 2.10. The minimum atomic E-state index is -0.111. The van der Waals surface area contributed by atoms with Crippen LogP contribution < -0.4 is 15.5 Å². The molecule has 2 rings (SSSR count). The van der Waals surface area contributed by atoms with E-state index in [1.54, 1.807) is 0 Å². The average molecular weight is 275 g/mol. The lowest BCUT2D eigenvalue weighted by Gasteiger charge is -2.28. The maximum Gasteiger partial charge on any atom is 0.315 e. The Kier molecular flexibility index (Phi) is 5.27. The second-order valence-corrected chi connectivity index (χ2v) is 5.70. The molecule has 0 aliphatic carbocycles. The summed E-state index contributed by atoms with van der Waals surface area (Å²) in [6.07, 6.45) is 3.93. The fourth-order valence-corrected chi connectivity index (χ4v) is 2.47. The number of nitrogens with one attached hydrogen (secondary N) is 2. The van der Waals surface area contributed by atoms with Gasteiger partial charge in [-0.1, -0.05) is 12.1 Å². The minimum Gasteiger partial charge on any atom is -0.372 e. The molecule has 20 heavy (non-hydrogen) atoms. The van der Waals surface area contributed by atoms with Gasteiger partial charge in [-0.2, -0.15) is 0 Å². The Morgan fingerprint density at radius 2 is 1.80 bits per heavy atom. The summed E-state index contributed by atoms with van der Waals surface area (Å²) < 4.78 is 0. The lowest BCUT2D eigenvalue weighted by atomic mass is 10.1. The normalized spacial score (nSPS) is 15.2. The molecule has 1 aromatic carbocycles. The molecule has 1 aromatic rings. The first-order valence-electron chi connectivity index (χ1n) is 7.53. The van der Waals surface area contributed by atoms with Gasteiger partial charge in [0, 0.05) is 31.4 Å². The van der Waals surface area contributed by atoms with Crippen molar-refractivity contribution in [3.05, 3.63) is 29.8 Å². The number of rotatable bonds is 4. The molecular formula is C16H25N3O. The number of carbonyl (C=O) groups excluding carboxylic acids is 1. The number of hydrogen-bond donors (Lipinski definition) is 2. The van der Waals surface area contributed by atoms with Crippen LogP contribution in [0.15, 0.2) is 24.3 Å². The molecule has 2 N–H and O–H groups in total. The van der Waals surface area contributed by atoms with Crippen LogP contribution in [0.4, 0.5) is 10.5 Å². The number of anilines is 1. The summed E-state index contributed by atoms with van der Waals surface area (Å²) in [5.74, 6) is 0. The van der Waals surface area contributed by atoms with Crippen LogP contribution in [0.25, 0.3) is 0 Å². The number of urea groups is 1. The molecule has 0 spiro atoms. The van der Waals surface area contributed by atoms with E-state index in [0.29, 0.717) is 6.54 Å². The Hall–Kier alpha value is -1.71. The number of hydrogen-bond acceptors (Lipinski definition) is 2. The zero-order chi connectivity index (χ0) is 14.4. The van der Waals surface area contributed by atoms with Gasteiger partial charge in [-0.15, -0.1) is 0 Å². The molecule has 4 nitrogen and oxygen atoms in total. The molecule has 1 fully saturated rings. The van der Waals surface area contributed by atoms with Gasteiger partial charge in [-0.05, 0) is 50.8 Å². The van der Waals surface area contributed by atoms with Crippen molar-refractivity contribution >= 4 is 11.7 Å². The summed E-state index contributed by atoms with van der Waals surface area (Å²) in [7, 11) is 0. The van der Waals surface area contributed by atoms with Crippen molar-refractivity contribution in [3.63, 3.8) is 0 Å². The van der Waals surface area contributed by atoms with Crippen molar-refractivity contribution in [1.29, 1.82) is 0 Å². The smallest absolute Gasteiger partial charge is 0.315 e. The van der Waals surface area contributed by atoms with Gasteiger partial charge < -0.3 is 15.5 Å². The highest BCUT2D eigenvalue weighted by atomic mass is 16.2. The second kappa shape index (κ2) is 7.17. The lowest BCUT2D eigenvalue weighted by Crippen LogP contribution is -2.39. The van der Waals surface area contributed by atoms with Crippen LogP contribution in [-0.4, -0.2) is 25.2 Å². The van der Waals surface area contributed by atoms with E-state index in [9.17, 15) is 4.79 Å². The third kappa shape index (κ3) is 4.44. The molecule has 0 atom stereocenters. The van der Waals surface area contributed by atoms with E-state index in [-0.39, 0.29) is 12.1 Å². The molecule has 4 heteroatoms. The molecule has 1 saturated heterocycles. The van der Waals surface area contributed by atoms with E-state index in [0.717, 1.165) is 18.7 Å². The largest absolute Gasteiger partial charge is 0.372 e. The van der Waals surface area contributed by atoms with Crippen LogP contribution >= 0.6 is 0 Å². The molecule has 0 saturated carbocycles. The maximum atomic E-state index is 11.5. The minimum absolute atomic E-state index is 0.111. The van der Waals surface area contributed by atoms with Gasteiger partial charge in [0.2, 0.25) is 0 Å². The number of piperidine rings is 1. The monoisotopic (exact) mass is 275 g/mol. The second-order valence-electron chi connectivity index (χ2n) is 5.70. The van der Waals surface area contributed by atoms with Crippen LogP contribution in [0.1, 0.15) is 38.7 Å². The molecule has 1 heterocycles. The first-order chi connectivity index (χ1) is 9.65. The Balaban J connectivity index is 1.83. The Morgan fingerprint density at radius 1 is 1.15 bits per heavy atom. The van der Waals surface area contributed by atoms with Crippen LogP contribution in [0.5, 0.6) is 0 Å². The summed E-state index contributed by atoms with van der Waals surface area (Å²) in [4.78, 5) is 13.9. The molecule has 1 aliphatic rings. The number of carbonyl (C=O) groups is 1. The van der Waals surface area contributed by atoms with E-state index in [4.69, 9.17) is 0 Å². The fourth-order valence-electron chi connectivity index (χ4n) is 2.47. The third-order valence-corrected chi connectivity index (χ3v) is 3.53. The van der Waals surface area contributed by atoms with Gasteiger partial charge in [-0.25, -0.2) is 4.79 Å². The van der Waals surface area contributed by atoms with E-state index in [1.807, 2.05) is 13.8 Å². The van der Waals surface area contributed by atoms with E-state index in [1.165, 1.54) is 24.9 Å². The Labute approximate surface area is 121 Å². The Bertz CT molecular complexity index is 422. The molecule has 0 unspecified atom stereocenters. The van der Waals surface area contributed by atoms with Gasteiger partial charge in [0.05, 0.1) is 0 Å². The first kappa shape index (κ1) is 14.7. The average Bonchev–Trinajstić information content (AvgIpc) is 2.46. The molecule has 1 aliphatic heterocycles. The van der Waals surface area contributed by atoms with Crippen molar-refractivity contribution in [3.8, 4) is 0 Å². The molecule has 110 valence electrons. The van der Waals surface area contributed by atoms with E-state index in [2.05, 4.69) is 39.8 Å². The third-order valence-electron chi connectivity index (χ3n) is 3.53. The standard InChI is InChI=1S/C16H25N3O/c1-13(2)18-16(20)17-12-14-6-8-15(9-7-14)19-10-4-3-5-11-19/h6-9,13H,3-5,10-12H2,1-2H3,(H2,17,18,20). The van der Waals surface area contributed by atoms with Crippen molar-refractivity contribution in [2.24, 2.45) is 0 Å². The number of amides is 2. The summed E-state index contributed by atoms with van der Waals surface area (Å²) >= 11 is 0. The topological polar surface area (TPSA) is 44.4 Å². The number of benzene rings is 1. The number of nitrogens with zero attached hydrogens (tertiary/aromatic N) is 1. The van der Waals surface area contributed by atoms with Gasteiger partial charge in [-0.3, -0.25) is 0 Å². The van der Waals surface area contributed by atoms with E-state index >= 15 is 0 Å². The summed E-state index contributed by atoms with van der Waals surface area (Å²) in [5.41, 5.74) is 2.42. The van der Waals surface area contributed by atoms with Crippen molar-refractivity contribution in [2.45, 2.75) is 45.7 Å². The zero-order valence-corrected chi connectivity index (χ0v) is 12.5. The Morgan fingerprint density at radius 3 is 2.40 bits per heavy atom. The van der Waals surface area contributed by atoms with Crippen molar-refractivity contribution in [1.82, 2.24) is 10.6 Å². The molecule has 0 radical (unpaired) electrons. The maximum absolute atomic E-state index is 11.5. The first-order valence-corrected chi connectivity index (χ1v) is 7.53. The highest BCUT2D eigenvalue weighted by Crippen LogP contribution is 2.20. The quantitative estimate of drug-likeness (QED) is 0.887. The van der Waals surface area contributed by atoms with Gasteiger partial charge in [0.1, 0.15) is 0 Å². The van der Waals surface area contributed by atoms with Crippen LogP contribution in [-0.2, 0) is 6.54 Å². The van der Waals surface area contributed by atoms with E-state index < -0.39 is 0 Å². The predicted molar refractivity (Wildman–Crippen MR) is 83.0 cm³/mol. The highest BCUT2D eigenvalue weighted by molar-refractivity contribution is 5.74. The molecule has 0 bridgehead atoms. The molecule has 0 aromatic heterocycles. The van der Waals surface area contributed by atoms with Crippen LogP contribution in [0.3, 0.4) is 0 Å². The fraction of sp³-hybridized carbons (Fsp3) is 0.562. The summed E-state index contributed by atoms with van der Waals surface area (Å²) in [6.45, 7) is 6.79. The van der Waals surface area contributed by atoms with Crippen LogP contribution in [0.2, 0.25) is 0 Å². The molecular weight excluding hydrogens is 250 g/mol. The van der Waals surface area contributed by atoms with Gasteiger partial charge in [0.25, 0.3) is 0 Å². The SMILES string of the molecule is CC(C)NC(=O)NCc1ccc(N2CCCCC2)cc1. The van der Waals surface area contributed by atoms with Gasteiger partial charge in [0.15, 0.2) is 0 Å². The molecule has 2 amide bonds. The summed E-state index contributed by atoms with van der Waals surface area (Å²) in [6, 6.07) is 8.56. The van der Waals surface area contributed by atoms with Crippen LogP contribution in [0, 0.1) is 0 Å². The summed E-state index contributed by atoms with van der Waals surface area (Å²) in [5, 5.41) is 5.68. The lowest BCUT2D eigenvalue weighted by molar-refractivity contribution is 0.238. The van der Waals surface area contributed by atoms with Crippen molar-refractivity contribution in [2.75, 3.05) is 18.0 Å². The van der Waals surface area contributed by atoms with Crippen molar-refractivity contribution < 1.29 is 4.79 Å². The zero-order valence-electron chi connectivity index (χ0n) is 12.5. The van der Waals surface area contributed by atoms with Gasteiger partial charge >= 0.3 is 6.03 Å². The predicted octanol–water partition coefficient (Wildman–Crippen LogP) is 2.88.